The molecule has 1 atom stereocenters. The number of fused-ring (bicyclic) bond motifs is 1. The summed E-state index contributed by atoms with van der Waals surface area (Å²) in [4.78, 5) is 21.2. The van der Waals surface area contributed by atoms with Crippen molar-refractivity contribution in [2.24, 2.45) is 0 Å². The van der Waals surface area contributed by atoms with Crippen LogP contribution < -0.4 is 5.32 Å². The topological polar surface area (TPSA) is 78.7 Å². The average Bonchev–Trinajstić information content (AvgIpc) is 3.11. The molecule has 0 saturated carbocycles. The zero-order valence-corrected chi connectivity index (χ0v) is 15.0. The third kappa shape index (κ3) is 3.77. The fraction of sp³-hybridized carbons (Fsp3) is 0.412. The summed E-state index contributed by atoms with van der Waals surface area (Å²) in [5.74, 6) is -0.0964. The Hall–Kier alpha value is -1.91. The highest BCUT2D eigenvalue weighted by molar-refractivity contribution is 8.00. The number of aromatic nitrogens is 2. The predicted molar refractivity (Wildman–Crippen MR) is 96.3 cm³/mol. The number of hydrogen-bond acceptors (Lipinski definition) is 6. The molecule has 1 aliphatic rings. The van der Waals surface area contributed by atoms with Gasteiger partial charge in [0.25, 0.3) is 0 Å². The zero-order valence-electron chi connectivity index (χ0n) is 13.4. The first kappa shape index (κ1) is 16.9. The molecule has 0 fully saturated rings. The summed E-state index contributed by atoms with van der Waals surface area (Å²) in [5, 5.41) is 15.1. The van der Waals surface area contributed by atoms with Crippen molar-refractivity contribution in [3.63, 3.8) is 0 Å². The van der Waals surface area contributed by atoms with E-state index < -0.39 is 0 Å². The Balaban J connectivity index is 1.80. The second-order valence-electron chi connectivity index (χ2n) is 5.61. The number of nitrogens with one attached hydrogen (secondary N) is 1. The van der Waals surface area contributed by atoms with Gasteiger partial charge in [0.2, 0.25) is 5.91 Å². The molecule has 2 aromatic rings. The van der Waals surface area contributed by atoms with E-state index in [0.29, 0.717) is 22.1 Å². The quantitative estimate of drug-likeness (QED) is 0.823. The van der Waals surface area contributed by atoms with E-state index in [0.717, 1.165) is 31.4 Å². The molecular weight excluding hydrogens is 340 g/mol. The molecule has 7 heteroatoms. The molecule has 0 saturated heterocycles. The molecule has 1 amide bonds. The van der Waals surface area contributed by atoms with Crippen LogP contribution in [0, 0.1) is 11.3 Å². The number of nitrogens with zero attached hydrogens (tertiary/aromatic N) is 3. The van der Waals surface area contributed by atoms with E-state index >= 15 is 0 Å². The first-order valence-corrected chi connectivity index (χ1v) is 9.77. The van der Waals surface area contributed by atoms with E-state index in [1.807, 2.05) is 18.4 Å². The lowest BCUT2D eigenvalue weighted by atomic mass is 9.95. The van der Waals surface area contributed by atoms with Crippen LogP contribution in [0.2, 0.25) is 0 Å². The van der Waals surface area contributed by atoms with Crippen molar-refractivity contribution >= 4 is 34.1 Å². The van der Waals surface area contributed by atoms with Gasteiger partial charge in [-0.15, -0.1) is 11.3 Å². The molecule has 0 spiro atoms. The minimum Gasteiger partial charge on any atom is -0.301 e. The first-order valence-electron chi connectivity index (χ1n) is 8.01. The zero-order chi connectivity index (χ0) is 16.9. The van der Waals surface area contributed by atoms with E-state index in [9.17, 15) is 10.1 Å². The Morgan fingerprint density at radius 1 is 1.50 bits per heavy atom. The van der Waals surface area contributed by atoms with Gasteiger partial charge in [-0.05, 0) is 43.7 Å². The Morgan fingerprint density at radius 3 is 3.04 bits per heavy atom. The Labute approximate surface area is 149 Å². The standard InChI is InChI=1S/C17H18N4OS2/c1-2-14(15(22)21-17-19-7-8-23-17)24-16-12(10-18)9-11-5-3-4-6-13(11)20-16/h7-9,14H,2-6H2,1H3,(H,19,21,22). The summed E-state index contributed by atoms with van der Waals surface area (Å²) in [7, 11) is 0. The van der Waals surface area contributed by atoms with Crippen LogP contribution in [-0.4, -0.2) is 21.1 Å². The van der Waals surface area contributed by atoms with E-state index in [-0.39, 0.29) is 11.2 Å². The summed E-state index contributed by atoms with van der Waals surface area (Å²) >= 11 is 2.77. The van der Waals surface area contributed by atoms with E-state index in [1.54, 1.807) is 6.20 Å². The number of nitriles is 1. The van der Waals surface area contributed by atoms with Crippen LogP contribution >= 0.6 is 23.1 Å². The van der Waals surface area contributed by atoms with Crippen molar-refractivity contribution < 1.29 is 4.79 Å². The fourth-order valence-corrected chi connectivity index (χ4v) is 4.24. The summed E-state index contributed by atoms with van der Waals surface area (Å²) in [6, 6.07) is 4.19. The molecule has 124 valence electrons. The number of anilines is 1. The number of hydrogen-bond donors (Lipinski definition) is 1. The van der Waals surface area contributed by atoms with Crippen LogP contribution in [0.5, 0.6) is 0 Å². The van der Waals surface area contributed by atoms with Crippen LogP contribution in [-0.2, 0) is 17.6 Å². The number of thiazole rings is 1. The Bertz CT molecular complexity index is 768. The molecular formula is C17H18N4OS2. The monoisotopic (exact) mass is 358 g/mol. The van der Waals surface area contributed by atoms with E-state index in [1.165, 1.54) is 28.7 Å². The molecule has 0 aliphatic heterocycles. The van der Waals surface area contributed by atoms with Crippen LogP contribution in [0.3, 0.4) is 0 Å². The van der Waals surface area contributed by atoms with Gasteiger partial charge >= 0.3 is 0 Å². The molecule has 2 heterocycles. The van der Waals surface area contributed by atoms with Gasteiger partial charge in [0.1, 0.15) is 11.1 Å². The minimum atomic E-state index is -0.296. The lowest BCUT2D eigenvalue weighted by molar-refractivity contribution is -0.115. The normalized spacial score (nSPS) is 14.5. The summed E-state index contributed by atoms with van der Waals surface area (Å²) < 4.78 is 0. The van der Waals surface area contributed by atoms with Gasteiger partial charge in [0.05, 0.1) is 10.8 Å². The third-order valence-corrected chi connectivity index (χ3v) is 6.02. The van der Waals surface area contributed by atoms with Gasteiger partial charge in [-0.2, -0.15) is 5.26 Å². The maximum absolute atomic E-state index is 12.5. The summed E-state index contributed by atoms with van der Waals surface area (Å²) in [6.07, 6.45) is 6.55. The Kier molecular flexibility index (Phi) is 5.48. The molecule has 1 N–H and O–H groups in total. The van der Waals surface area contributed by atoms with Crippen molar-refractivity contribution in [2.75, 3.05) is 5.32 Å². The van der Waals surface area contributed by atoms with Gasteiger partial charge in [-0.1, -0.05) is 18.7 Å². The second kappa shape index (κ2) is 7.77. The fourth-order valence-electron chi connectivity index (χ4n) is 2.71. The molecule has 3 rings (SSSR count). The number of amides is 1. The van der Waals surface area contributed by atoms with Gasteiger partial charge in [-0.3, -0.25) is 4.79 Å². The minimum absolute atomic E-state index is 0.0964. The van der Waals surface area contributed by atoms with E-state index in [2.05, 4.69) is 16.4 Å². The maximum atomic E-state index is 12.5. The predicted octanol–water partition coefficient (Wildman–Crippen LogP) is 3.80. The Morgan fingerprint density at radius 2 is 2.33 bits per heavy atom. The van der Waals surface area contributed by atoms with Gasteiger partial charge in [0, 0.05) is 17.3 Å². The van der Waals surface area contributed by atoms with Crippen molar-refractivity contribution in [3.8, 4) is 6.07 Å². The molecule has 1 aliphatic carbocycles. The third-order valence-electron chi connectivity index (χ3n) is 3.97. The molecule has 5 nitrogen and oxygen atoms in total. The molecule has 0 aromatic carbocycles. The smallest absolute Gasteiger partial charge is 0.239 e. The highest BCUT2D eigenvalue weighted by Gasteiger charge is 2.23. The van der Waals surface area contributed by atoms with E-state index in [4.69, 9.17) is 4.98 Å². The lowest BCUT2D eigenvalue weighted by Gasteiger charge is -2.18. The summed E-state index contributed by atoms with van der Waals surface area (Å²) in [6.45, 7) is 1.96. The van der Waals surface area contributed by atoms with Crippen LogP contribution in [0.4, 0.5) is 5.13 Å². The first-order chi connectivity index (χ1) is 11.7. The number of thioether (sulfide) groups is 1. The second-order valence-corrected chi connectivity index (χ2v) is 7.69. The molecule has 0 radical (unpaired) electrons. The van der Waals surface area contributed by atoms with Crippen LogP contribution in [0.15, 0.2) is 22.7 Å². The molecule has 0 bridgehead atoms. The van der Waals surface area contributed by atoms with Crippen molar-refractivity contribution in [1.29, 1.82) is 5.26 Å². The van der Waals surface area contributed by atoms with Crippen molar-refractivity contribution in [1.82, 2.24) is 9.97 Å². The van der Waals surface area contributed by atoms with Crippen LogP contribution in [0.25, 0.3) is 0 Å². The highest BCUT2D eigenvalue weighted by Crippen LogP contribution is 2.31. The van der Waals surface area contributed by atoms with Gasteiger partial charge in [-0.25, -0.2) is 9.97 Å². The largest absolute Gasteiger partial charge is 0.301 e. The average molecular weight is 358 g/mol. The van der Waals surface area contributed by atoms with Crippen molar-refractivity contribution in [2.45, 2.75) is 49.3 Å². The lowest BCUT2D eigenvalue weighted by Crippen LogP contribution is -2.25. The summed E-state index contributed by atoms with van der Waals surface area (Å²) in [5.41, 5.74) is 2.83. The number of pyridine rings is 1. The van der Waals surface area contributed by atoms with Crippen molar-refractivity contribution in [3.05, 3.63) is 34.5 Å². The van der Waals surface area contributed by atoms with Gasteiger partial charge < -0.3 is 5.32 Å². The number of rotatable bonds is 5. The maximum Gasteiger partial charge on any atom is 0.239 e. The molecule has 1 unspecified atom stereocenters. The van der Waals surface area contributed by atoms with Crippen LogP contribution in [0.1, 0.15) is 43.0 Å². The SMILES string of the molecule is CCC(Sc1nc2c(cc1C#N)CCCC2)C(=O)Nc1nccs1. The highest BCUT2D eigenvalue weighted by atomic mass is 32.2. The number of carbonyl (C=O) groups is 1. The molecule has 2 aromatic heterocycles. The number of aryl methyl sites for hydroxylation is 2. The molecule has 24 heavy (non-hydrogen) atoms. The van der Waals surface area contributed by atoms with Gasteiger partial charge in [0.15, 0.2) is 5.13 Å². The number of carbonyl (C=O) groups excluding carboxylic acids is 1.